The number of thiazole rings is 1. The molecule has 0 aliphatic carbocycles. The lowest BCUT2D eigenvalue weighted by Crippen LogP contribution is -2.31. The van der Waals surface area contributed by atoms with Gasteiger partial charge in [0.2, 0.25) is 0 Å². The van der Waals surface area contributed by atoms with Crippen LogP contribution < -0.4 is 9.64 Å². The van der Waals surface area contributed by atoms with Crippen LogP contribution in [0.3, 0.4) is 0 Å². The van der Waals surface area contributed by atoms with Gasteiger partial charge in [-0.2, -0.15) is 0 Å². The summed E-state index contributed by atoms with van der Waals surface area (Å²) in [5.74, 6) is 0.0638. The quantitative estimate of drug-likeness (QED) is 0.869. The van der Waals surface area contributed by atoms with E-state index in [2.05, 4.69) is 4.98 Å². The number of aromatic nitrogens is 1. The number of hydrogen-bond acceptors (Lipinski definition) is 5. The van der Waals surface area contributed by atoms with E-state index in [1.54, 1.807) is 6.20 Å². The third kappa shape index (κ3) is 3.22. The van der Waals surface area contributed by atoms with E-state index in [1.807, 2.05) is 53.5 Å². The first-order valence-electron chi connectivity index (χ1n) is 7.26. The molecule has 1 fully saturated rings. The van der Waals surface area contributed by atoms with Gasteiger partial charge in [-0.1, -0.05) is 17.4 Å². The number of benzene rings is 1. The minimum atomic E-state index is 0.0344. The van der Waals surface area contributed by atoms with Crippen LogP contribution in [0.25, 0.3) is 0 Å². The first-order chi connectivity index (χ1) is 10.6. The van der Waals surface area contributed by atoms with Crippen molar-refractivity contribution in [1.29, 1.82) is 0 Å². The molecule has 2 heterocycles. The Morgan fingerprint density at radius 1 is 1.45 bits per heavy atom. The minimum absolute atomic E-state index is 0.0344. The van der Waals surface area contributed by atoms with E-state index in [9.17, 15) is 4.79 Å². The van der Waals surface area contributed by atoms with Gasteiger partial charge in [0.1, 0.15) is 6.10 Å². The Hall–Kier alpha value is -2.08. The highest BCUT2D eigenvalue weighted by Gasteiger charge is 2.28. The van der Waals surface area contributed by atoms with Crippen molar-refractivity contribution in [2.45, 2.75) is 12.5 Å². The maximum absolute atomic E-state index is 12.6. The fourth-order valence-corrected chi connectivity index (χ4v) is 3.07. The average Bonchev–Trinajstić information content (AvgIpc) is 3.19. The maximum Gasteiger partial charge on any atom is 0.273 e. The summed E-state index contributed by atoms with van der Waals surface area (Å²) in [5, 5.41) is 2.56. The number of likely N-dealkylation sites (tertiary alicyclic amines) is 1. The molecule has 1 unspecified atom stereocenters. The summed E-state index contributed by atoms with van der Waals surface area (Å²) in [4.78, 5) is 20.6. The smallest absolute Gasteiger partial charge is 0.273 e. The molecule has 1 aromatic carbocycles. The van der Waals surface area contributed by atoms with Crippen molar-refractivity contribution in [3.05, 3.63) is 41.4 Å². The molecule has 1 atom stereocenters. The van der Waals surface area contributed by atoms with Gasteiger partial charge in [0.15, 0.2) is 0 Å². The molecule has 1 aliphatic heterocycles. The van der Waals surface area contributed by atoms with Gasteiger partial charge in [-0.05, 0) is 18.2 Å². The van der Waals surface area contributed by atoms with Crippen LogP contribution >= 0.6 is 11.3 Å². The van der Waals surface area contributed by atoms with Crippen LogP contribution in [-0.2, 0) is 0 Å². The number of hydrogen-bond donors (Lipinski definition) is 0. The number of amides is 1. The molecule has 1 aliphatic rings. The van der Waals surface area contributed by atoms with E-state index >= 15 is 0 Å². The molecule has 0 saturated carbocycles. The molecule has 116 valence electrons. The summed E-state index contributed by atoms with van der Waals surface area (Å²) in [5.41, 5.74) is 1.75. The zero-order valence-corrected chi connectivity index (χ0v) is 13.5. The lowest BCUT2D eigenvalue weighted by Gasteiger charge is -2.18. The number of anilines is 1. The first-order valence-corrected chi connectivity index (χ1v) is 8.14. The Kier molecular flexibility index (Phi) is 4.29. The van der Waals surface area contributed by atoms with Gasteiger partial charge in [0.25, 0.3) is 11.1 Å². The molecule has 1 aromatic heterocycles. The SMILES string of the molecule is CN(C)c1cccc(C(=O)N2CCC(Oc3nccs3)C2)c1. The monoisotopic (exact) mass is 317 g/mol. The number of nitrogens with zero attached hydrogens (tertiary/aromatic N) is 3. The van der Waals surface area contributed by atoms with Crippen molar-refractivity contribution in [1.82, 2.24) is 9.88 Å². The topological polar surface area (TPSA) is 45.7 Å². The summed E-state index contributed by atoms with van der Waals surface area (Å²) in [6, 6.07) is 7.71. The molecule has 5 nitrogen and oxygen atoms in total. The van der Waals surface area contributed by atoms with Gasteiger partial charge >= 0.3 is 0 Å². The summed E-state index contributed by atoms with van der Waals surface area (Å²) in [6.45, 7) is 1.34. The van der Waals surface area contributed by atoms with Crippen LogP contribution in [-0.4, -0.2) is 49.1 Å². The zero-order chi connectivity index (χ0) is 15.5. The lowest BCUT2D eigenvalue weighted by molar-refractivity contribution is 0.0772. The fraction of sp³-hybridized carbons (Fsp3) is 0.375. The Bertz CT molecular complexity index is 643. The van der Waals surface area contributed by atoms with Gasteiger partial charge < -0.3 is 14.5 Å². The molecule has 6 heteroatoms. The van der Waals surface area contributed by atoms with Crippen LogP contribution in [0.2, 0.25) is 0 Å². The van der Waals surface area contributed by atoms with Crippen molar-refractivity contribution in [3.63, 3.8) is 0 Å². The predicted molar refractivity (Wildman–Crippen MR) is 87.8 cm³/mol. The van der Waals surface area contributed by atoms with Crippen LogP contribution in [0.5, 0.6) is 5.19 Å². The van der Waals surface area contributed by atoms with Gasteiger partial charge in [-0.25, -0.2) is 4.98 Å². The predicted octanol–water partition coefficient (Wildman–Crippen LogP) is 2.50. The van der Waals surface area contributed by atoms with Crippen LogP contribution in [0.1, 0.15) is 16.8 Å². The highest BCUT2D eigenvalue weighted by Crippen LogP contribution is 2.22. The molecule has 0 bridgehead atoms. The molecule has 1 saturated heterocycles. The van der Waals surface area contributed by atoms with Crippen LogP contribution in [0.15, 0.2) is 35.8 Å². The van der Waals surface area contributed by atoms with Crippen molar-refractivity contribution >= 4 is 22.9 Å². The maximum atomic E-state index is 12.6. The molecular formula is C16H19N3O2S. The highest BCUT2D eigenvalue weighted by atomic mass is 32.1. The molecule has 2 aromatic rings. The van der Waals surface area contributed by atoms with E-state index in [-0.39, 0.29) is 12.0 Å². The second-order valence-electron chi connectivity index (χ2n) is 5.52. The highest BCUT2D eigenvalue weighted by molar-refractivity contribution is 7.11. The van der Waals surface area contributed by atoms with E-state index in [4.69, 9.17) is 4.74 Å². The summed E-state index contributed by atoms with van der Waals surface area (Å²) >= 11 is 1.48. The molecule has 3 rings (SSSR count). The Morgan fingerprint density at radius 2 is 2.32 bits per heavy atom. The van der Waals surface area contributed by atoms with Crippen molar-refractivity contribution in [2.24, 2.45) is 0 Å². The Labute approximate surface area is 134 Å². The third-order valence-corrected chi connectivity index (χ3v) is 4.38. The molecule has 0 spiro atoms. The average molecular weight is 317 g/mol. The first kappa shape index (κ1) is 14.8. The number of rotatable bonds is 4. The number of carbonyl (C=O) groups excluding carboxylic acids is 1. The standard InChI is InChI=1S/C16H19N3O2S/c1-18(2)13-5-3-4-12(10-13)15(20)19-8-6-14(11-19)21-16-17-7-9-22-16/h3-5,7,9-10,14H,6,8,11H2,1-2H3. The van der Waals surface area contributed by atoms with E-state index in [0.717, 1.165) is 24.2 Å². The number of carbonyl (C=O) groups is 1. The third-order valence-electron chi connectivity index (χ3n) is 3.72. The van der Waals surface area contributed by atoms with Gasteiger partial charge in [-0.15, -0.1) is 0 Å². The summed E-state index contributed by atoms with van der Waals surface area (Å²) in [7, 11) is 3.94. The number of ether oxygens (including phenoxy) is 1. The molecular weight excluding hydrogens is 298 g/mol. The second kappa shape index (κ2) is 6.36. The normalized spacial score (nSPS) is 17.5. The van der Waals surface area contributed by atoms with E-state index in [0.29, 0.717) is 11.7 Å². The van der Waals surface area contributed by atoms with Crippen LogP contribution in [0, 0.1) is 0 Å². The van der Waals surface area contributed by atoms with E-state index < -0.39 is 0 Å². The zero-order valence-electron chi connectivity index (χ0n) is 12.7. The second-order valence-corrected chi connectivity index (χ2v) is 6.38. The Morgan fingerprint density at radius 3 is 3.05 bits per heavy atom. The largest absolute Gasteiger partial charge is 0.465 e. The molecule has 22 heavy (non-hydrogen) atoms. The van der Waals surface area contributed by atoms with Crippen molar-refractivity contribution in [2.75, 3.05) is 32.1 Å². The lowest BCUT2D eigenvalue weighted by atomic mass is 10.1. The summed E-state index contributed by atoms with van der Waals surface area (Å²) < 4.78 is 5.80. The van der Waals surface area contributed by atoms with Crippen LogP contribution in [0.4, 0.5) is 5.69 Å². The molecule has 0 radical (unpaired) electrons. The van der Waals surface area contributed by atoms with E-state index in [1.165, 1.54) is 11.3 Å². The van der Waals surface area contributed by atoms with Gasteiger partial charge in [-0.3, -0.25) is 4.79 Å². The van der Waals surface area contributed by atoms with Gasteiger partial charge in [0, 0.05) is 49.9 Å². The van der Waals surface area contributed by atoms with Crippen molar-refractivity contribution < 1.29 is 9.53 Å². The fourth-order valence-electron chi connectivity index (χ4n) is 2.52. The minimum Gasteiger partial charge on any atom is -0.465 e. The molecule has 1 amide bonds. The Balaban J connectivity index is 1.65. The van der Waals surface area contributed by atoms with Crippen molar-refractivity contribution in [3.8, 4) is 5.19 Å². The molecule has 0 N–H and O–H groups in total. The van der Waals surface area contributed by atoms with Gasteiger partial charge in [0.05, 0.1) is 6.54 Å². The summed E-state index contributed by atoms with van der Waals surface area (Å²) in [6.07, 6.45) is 2.61.